The molecule has 3 aromatic heterocycles. The van der Waals surface area contributed by atoms with Gasteiger partial charge in [-0.2, -0.15) is 5.10 Å². The molecular weight excluding hydrogens is 384 g/mol. The second-order valence-corrected chi connectivity index (χ2v) is 7.36. The summed E-state index contributed by atoms with van der Waals surface area (Å²) in [4.78, 5) is 12.8. The van der Waals surface area contributed by atoms with Gasteiger partial charge in [-0.15, -0.1) is 0 Å². The van der Waals surface area contributed by atoms with E-state index in [9.17, 15) is 0 Å². The van der Waals surface area contributed by atoms with Crippen molar-refractivity contribution in [3.05, 3.63) is 91.0 Å². The molecule has 0 saturated carbocycles. The van der Waals surface area contributed by atoms with Crippen LogP contribution in [0.4, 0.5) is 5.82 Å². The van der Waals surface area contributed by atoms with Crippen molar-refractivity contribution in [2.75, 3.05) is 5.73 Å². The Kier molecular flexibility index (Phi) is 3.83. The van der Waals surface area contributed by atoms with Crippen LogP contribution in [-0.4, -0.2) is 24.7 Å². The lowest BCUT2D eigenvalue weighted by atomic mass is 10.1. The van der Waals surface area contributed by atoms with Gasteiger partial charge in [0.1, 0.15) is 17.3 Å². The number of fused-ring (bicyclic) bond motifs is 2. The van der Waals surface area contributed by atoms with Gasteiger partial charge in [0, 0.05) is 10.9 Å². The summed E-state index contributed by atoms with van der Waals surface area (Å²) in [5, 5.41) is 5.83. The van der Waals surface area contributed by atoms with Crippen LogP contribution in [0.25, 0.3) is 50.4 Å². The predicted molar refractivity (Wildman–Crippen MR) is 124 cm³/mol. The number of H-pyrrole nitrogens is 1. The number of aromatic amines is 1. The van der Waals surface area contributed by atoms with Crippen molar-refractivity contribution in [3.63, 3.8) is 0 Å². The Bertz CT molecular complexity index is 1500. The highest BCUT2D eigenvalue weighted by Crippen LogP contribution is 2.34. The lowest BCUT2D eigenvalue weighted by molar-refractivity contribution is 0.902. The van der Waals surface area contributed by atoms with E-state index in [1.54, 1.807) is 0 Å². The number of nitrogens with two attached hydrogens (primary N) is 1. The van der Waals surface area contributed by atoms with E-state index < -0.39 is 0 Å². The first kappa shape index (κ1) is 17.4. The highest BCUT2D eigenvalue weighted by atomic mass is 15.3. The van der Waals surface area contributed by atoms with Crippen LogP contribution >= 0.6 is 0 Å². The SMILES string of the molecule is Nc1nc2c(cc1-c1nc3ccccc3[nH]1)c(-c1ccccc1)nn2-c1ccccc1. The predicted octanol–water partition coefficient (Wildman–Crippen LogP) is 5.21. The third-order valence-corrected chi connectivity index (χ3v) is 5.38. The summed E-state index contributed by atoms with van der Waals surface area (Å²) in [6.07, 6.45) is 0. The molecule has 0 saturated heterocycles. The first-order valence-corrected chi connectivity index (χ1v) is 10.0. The fraction of sp³-hybridized carbons (Fsp3) is 0. The van der Waals surface area contributed by atoms with Gasteiger partial charge in [-0.05, 0) is 30.3 Å². The van der Waals surface area contributed by atoms with Crippen molar-refractivity contribution in [2.24, 2.45) is 0 Å². The molecule has 0 atom stereocenters. The zero-order valence-corrected chi connectivity index (χ0v) is 16.5. The second kappa shape index (κ2) is 6.81. The highest BCUT2D eigenvalue weighted by molar-refractivity contribution is 5.97. The maximum atomic E-state index is 6.42. The fourth-order valence-corrected chi connectivity index (χ4v) is 3.88. The quantitative estimate of drug-likeness (QED) is 0.425. The van der Waals surface area contributed by atoms with Gasteiger partial charge in [0.25, 0.3) is 0 Å². The van der Waals surface area contributed by atoms with Crippen molar-refractivity contribution in [1.82, 2.24) is 24.7 Å². The number of pyridine rings is 1. The van der Waals surface area contributed by atoms with Gasteiger partial charge in [0.2, 0.25) is 0 Å². The van der Waals surface area contributed by atoms with Crippen molar-refractivity contribution in [1.29, 1.82) is 0 Å². The van der Waals surface area contributed by atoms with E-state index in [4.69, 9.17) is 20.8 Å². The monoisotopic (exact) mass is 402 g/mol. The van der Waals surface area contributed by atoms with Crippen LogP contribution in [-0.2, 0) is 0 Å². The molecule has 0 amide bonds. The van der Waals surface area contributed by atoms with Crippen LogP contribution in [0.2, 0.25) is 0 Å². The van der Waals surface area contributed by atoms with Crippen molar-refractivity contribution in [3.8, 4) is 28.3 Å². The molecule has 148 valence electrons. The Labute approximate surface area is 178 Å². The number of imidazole rings is 1. The molecule has 3 N–H and O–H groups in total. The molecule has 0 spiro atoms. The molecule has 6 rings (SSSR count). The van der Waals surface area contributed by atoms with Crippen LogP contribution in [0.5, 0.6) is 0 Å². The molecule has 0 unspecified atom stereocenters. The number of nitrogens with zero attached hydrogens (tertiary/aromatic N) is 4. The summed E-state index contributed by atoms with van der Waals surface area (Å²) in [5.74, 6) is 1.10. The zero-order valence-electron chi connectivity index (χ0n) is 16.5. The summed E-state index contributed by atoms with van der Waals surface area (Å²) < 4.78 is 1.84. The molecule has 0 bridgehead atoms. The minimum Gasteiger partial charge on any atom is -0.383 e. The zero-order chi connectivity index (χ0) is 20.8. The third-order valence-electron chi connectivity index (χ3n) is 5.38. The average Bonchev–Trinajstić information content (AvgIpc) is 3.41. The number of aromatic nitrogens is 5. The molecular formula is C25H18N6. The minimum absolute atomic E-state index is 0.406. The fourth-order valence-electron chi connectivity index (χ4n) is 3.88. The van der Waals surface area contributed by atoms with Crippen LogP contribution < -0.4 is 5.73 Å². The molecule has 6 heteroatoms. The van der Waals surface area contributed by atoms with Gasteiger partial charge in [-0.3, -0.25) is 0 Å². The standard InChI is InChI=1S/C25H18N6/c26-23-19(24-27-20-13-7-8-14-21(20)28-24)15-18-22(16-9-3-1-4-10-16)30-31(25(18)29-23)17-11-5-2-6-12-17/h1-15H,(H2,26,29)(H,27,28). The molecule has 0 aliphatic rings. The number of para-hydroxylation sites is 3. The first-order valence-electron chi connectivity index (χ1n) is 10.0. The van der Waals surface area contributed by atoms with Crippen molar-refractivity contribution < 1.29 is 0 Å². The Hall–Kier alpha value is -4.45. The third kappa shape index (κ3) is 2.85. The van der Waals surface area contributed by atoms with Gasteiger partial charge < -0.3 is 10.7 Å². The summed E-state index contributed by atoms with van der Waals surface area (Å²) in [6.45, 7) is 0. The second-order valence-electron chi connectivity index (χ2n) is 7.36. The van der Waals surface area contributed by atoms with E-state index in [2.05, 4.69) is 4.98 Å². The van der Waals surface area contributed by atoms with E-state index in [0.717, 1.165) is 38.9 Å². The number of nitrogens with one attached hydrogen (secondary N) is 1. The van der Waals surface area contributed by atoms with E-state index in [1.165, 1.54) is 0 Å². The molecule has 0 aliphatic heterocycles. The molecule has 31 heavy (non-hydrogen) atoms. The van der Waals surface area contributed by atoms with Crippen molar-refractivity contribution in [2.45, 2.75) is 0 Å². The van der Waals surface area contributed by atoms with E-state index in [1.807, 2.05) is 95.7 Å². The summed E-state index contributed by atoms with van der Waals surface area (Å²) >= 11 is 0. The van der Waals surface area contributed by atoms with Gasteiger partial charge in [-0.25, -0.2) is 14.6 Å². The maximum Gasteiger partial charge on any atom is 0.165 e. The van der Waals surface area contributed by atoms with E-state index in [-0.39, 0.29) is 0 Å². The molecule has 0 radical (unpaired) electrons. The van der Waals surface area contributed by atoms with Gasteiger partial charge >= 0.3 is 0 Å². The Morgan fingerprint density at radius 1 is 0.774 bits per heavy atom. The van der Waals surface area contributed by atoms with E-state index >= 15 is 0 Å². The first-order chi connectivity index (χ1) is 15.3. The van der Waals surface area contributed by atoms with Gasteiger partial charge in [-0.1, -0.05) is 60.7 Å². The lowest BCUT2D eigenvalue weighted by Gasteiger charge is -2.05. The smallest absolute Gasteiger partial charge is 0.165 e. The van der Waals surface area contributed by atoms with Crippen LogP contribution in [0.1, 0.15) is 0 Å². The van der Waals surface area contributed by atoms with Crippen LogP contribution in [0.3, 0.4) is 0 Å². The summed E-state index contributed by atoms with van der Waals surface area (Å²) in [6, 6.07) is 30.0. The maximum absolute atomic E-state index is 6.42. The van der Waals surface area contributed by atoms with Gasteiger partial charge in [0.15, 0.2) is 5.65 Å². The number of benzene rings is 3. The number of anilines is 1. The molecule has 0 fully saturated rings. The number of rotatable bonds is 3. The van der Waals surface area contributed by atoms with E-state index in [0.29, 0.717) is 17.3 Å². The summed E-state index contributed by atoms with van der Waals surface area (Å²) in [7, 11) is 0. The number of hydrogen-bond acceptors (Lipinski definition) is 4. The number of hydrogen-bond donors (Lipinski definition) is 2. The lowest BCUT2D eigenvalue weighted by Crippen LogP contribution is -2.01. The molecule has 6 nitrogen and oxygen atoms in total. The molecule has 3 heterocycles. The Morgan fingerprint density at radius 3 is 2.26 bits per heavy atom. The largest absolute Gasteiger partial charge is 0.383 e. The molecule has 6 aromatic rings. The molecule has 3 aromatic carbocycles. The Morgan fingerprint density at radius 2 is 1.48 bits per heavy atom. The number of nitrogen functional groups attached to an aromatic ring is 1. The summed E-state index contributed by atoms with van der Waals surface area (Å²) in [5.41, 5.74) is 12.5. The molecule has 0 aliphatic carbocycles. The average molecular weight is 402 g/mol. The van der Waals surface area contributed by atoms with Crippen molar-refractivity contribution >= 4 is 27.9 Å². The van der Waals surface area contributed by atoms with Crippen LogP contribution in [0.15, 0.2) is 91.0 Å². The topological polar surface area (TPSA) is 85.4 Å². The van der Waals surface area contributed by atoms with Crippen LogP contribution in [0, 0.1) is 0 Å². The minimum atomic E-state index is 0.406. The van der Waals surface area contributed by atoms with Gasteiger partial charge in [0.05, 0.1) is 22.3 Å². The normalized spacial score (nSPS) is 11.4. The Balaban J connectivity index is 1.64. The highest BCUT2D eigenvalue weighted by Gasteiger charge is 2.19.